The highest BCUT2D eigenvalue weighted by atomic mass is 16.5. The molecule has 0 aliphatic carbocycles. The first-order valence-electron chi connectivity index (χ1n) is 8.99. The smallest absolute Gasteiger partial charge is 0.328 e. The number of fused-ring (bicyclic) bond motifs is 1. The van der Waals surface area contributed by atoms with Crippen LogP contribution in [0.2, 0.25) is 0 Å². The fraction of sp³-hybridized carbons (Fsp3) is 0.286. The number of likely N-dealkylation sites (tertiary alicyclic amines) is 1. The number of carbonyl (C=O) groups is 2. The van der Waals surface area contributed by atoms with Crippen LogP contribution in [0.25, 0.3) is 22.2 Å². The van der Waals surface area contributed by atoms with Crippen LogP contribution in [0.3, 0.4) is 0 Å². The quantitative estimate of drug-likeness (QED) is 0.648. The highest BCUT2D eigenvalue weighted by Gasteiger charge is 2.40. The van der Waals surface area contributed by atoms with E-state index in [-0.39, 0.29) is 12.0 Å². The average Bonchev–Trinajstić information content (AvgIpc) is 3.37. The molecule has 2 heterocycles. The Morgan fingerprint density at radius 1 is 1.14 bits per heavy atom. The summed E-state index contributed by atoms with van der Waals surface area (Å²) in [6.45, 7) is 0.336. The van der Waals surface area contributed by atoms with Crippen LogP contribution in [0, 0.1) is 0 Å². The van der Waals surface area contributed by atoms with Gasteiger partial charge in [-0.3, -0.25) is 4.79 Å². The predicted molar refractivity (Wildman–Crippen MR) is 102 cm³/mol. The van der Waals surface area contributed by atoms with Crippen LogP contribution in [0.15, 0.2) is 53.1 Å². The van der Waals surface area contributed by atoms with E-state index in [4.69, 9.17) is 14.0 Å². The van der Waals surface area contributed by atoms with Gasteiger partial charge in [0.15, 0.2) is 5.76 Å². The van der Waals surface area contributed by atoms with Crippen LogP contribution in [-0.2, 0) is 14.3 Å². The molecule has 0 unspecified atom stereocenters. The lowest BCUT2D eigenvalue weighted by atomic mass is 10.1. The van der Waals surface area contributed by atoms with E-state index in [1.165, 1.54) is 12.0 Å². The first-order chi connectivity index (χ1) is 13.6. The first kappa shape index (κ1) is 18.2. The van der Waals surface area contributed by atoms with Crippen molar-refractivity contribution in [1.29, 1.82) is 0 Å². The third kappa shape index (κ3) is 3.14. The second-order valence-corrected chi connectivity index (χ2v) is 6.70. The number of nitrogens with zero attached hydrogens (tertiary/aromatic N) is 2. The van der Waals surface area contributed by atoms with Gasteiger partial charge in [-0.2, -0.15) is 0 Å². The van der Waals surface area contributed by atoms with Gasteiger partial charge >= 0.3 is 5.97 Å². The molecule has 1 aromatic heterocycles. The van der Waals surface area contributed by atoms with Crippen LogP contribution in [0.5, 0.6) is 0 Å². The summed E-state index contributed by atoms with van der Waals surface area (Å²) in [7, 11) is 2.89. The SMILES string of the molecule is COC(=O)[C@@H]1C[C@@H](OC)CN1C(=O)c1ccc2noc(-c3ccccc3)c2c1. The second-order valence-electron chi connectivity index (χ2n) is 6.70. The molecule has 1 saturated heterocycles. The zero-order valence-corrected chi connectivity index (χ0v) is 15.6. The van der Waals surface area contributed by atoms with E-state index in [0.717, 1.165) is 10.9 Å². The number of methoxy groups -OCH3 is 2. The molecule has 0 N–H and O–H groups in total. The van der Waals surface area contributed by atoms with Crippen LogP contribution in [0.1, 0.15) is 16.8 Å². The largest absolute Gasteiger partial charge is 0.467 e. The molecule has 1 fully saturated rings. The maximum Gasteiger partial charge on any atom is 0.328 e. The third-order valence-corrected chi connectivity index (χ3v) is 5.09. The summed E-state index contributed by atoms with van der Waals surface area (Å²) >= 11 is 0. The fourth-order valence-electron chi connectivity index (χ4n) is 3.59. The van der Waals surface area contributed by atoms with E-state index in [2.05, 4.69) is 5.16 Å². The monoisotopic (exact) mass is 380 g/mol. The Kier molecular flexibility index (Phi) is 4.83. The van der Waals surface area contributed by atoms with Crippen molar-refractivity contribution < 1.29 is 23.6 Å². The van der Waals surface area contributed by atoms with Gasteiger partial charge in [-0.05, 0) is 18.2 Å². The number of ether oxygens (including phenoxy) is 2. The number of rotatable bonds is 4. The van der Waals surface area contributed by atoms with E-state index in [0.29, 0.717) is 29.8 Å². The molecule has 7 nitrogen and oxygen atoms in total. The van der Waals surface area contributed by atoms with Gasteiger partial charge in [0.2, 0.25) is 0 Å². The maximum absolute atomic E-state index is 13.2. The molecule has 1 amide bonds. The molecule has 144 valence electrons. The number of hydrogen-bond donors (Lipinski definition) is 0. The van der Waals surface area contributed by atoms with Gasteiger partial charge in [0.1, 0.15) is 11.6 Å². The molecule has 2 atom stereocenters. The second kappa shape index (κ2) is 7.44. The summed E-state index contributed by atoms with van der Waals surface area (Å²) in [4.78, 5) is 26.8. The van der Waals surface area contributed by atoms with E-state index in [1.807, 2.05) is 30.3 Å². The lowest BCUT2D eigenvalue weighted by Gasteiger charge is -2.22. The van der Waals surface area contributed by atoms with Crippen molar-refractivity contribution in [2.45, 2.75) is 18.6 Å². The number of aromatic nitrogens is 1. The van der Waals surface area contributed by atoms with E-state index >= 15 is 0 Å². The molecule has 4 rings (SSSR count). The normalized spacial score (nSPS) is 19.1. The Balaban J connectivity index is 1.70. The predicted octanol–water partition coefficient (Wildman–Crippen LogP) is 2.90. The minimum Gasteiger partial charge on any atom is -0.467 e. The lowest BCUT2D eigenvalue weighted by molar-refractivity contribution is -0.145. The summed E-state index contributed by atoms with van der Waals surface area (Å²) < 4.78 is 15.7. The molecular weight excluding hydrogens is 360 g/mol. The van der Waals surface area contributed by atoms with Gasteiger partial charge in [-0.1, -0.05) is 35.5 Å². The molecule has 0 bridgehead atoms. The van der Waals surface area contributed by atoms with Gasteiger partial charge < -0.3 is 18.9 Å². The molecule has 28 heavy (non-hydrogen) atoms. The summed E-state index contributed by atoms with van der Waals surface area (Å²) in [5.74, 6) is -0.0908. The van der Waals surface area contributed by atoms with Gasteiger partial charge in [0, 0.05) is 31.2 Å². The number of carbonyl (C=O) groups excluding carboxylic acids is 2. The topological polar surface area (TPSA) is 81.9 Å². The van der Waals surface area contributed by atoms with Gasteiger partial charge in [-0.25, -0.2) is 4.79 Å². The summed E-state index contributed by atoms with van der Waals surface area (Å²) in [5, 5.41) is 4.83. The van der Waals surface area contributed by atoms with E-state index in [1.54, 1.807) is 25.3 Å². The van der Waals surface area contributed by atoms with Gasteiger partial charge in [0.25, 0.3) is 5.91 Å². The lowest BCUT2D eigenvalue weighted by Crippen LogP contribution is -2.41. The van der Waals surface area contributed by atoms with Gasteiger partial charge in [0.05, 0.1) is 18.6 Å². The van der Waals surface area contributed by atoms with Crippen molar-refractivity contribution in [3.05, 3.63) is 54.1 Å². The standard InChI is InChI=1S/C21H20N2O5/c1-26-15-11-18(21(25)27-2)23(12-15)20(24)14-8-9-17-16(10-14)19(28-22-17)13-6-4-3-5-7-13/h3-10,15,18H,11-12H2,1-2H3/t15-,18+/m1/s1. The maximum atomic E-state index is 13.2. The van der Waals surface area contributed by atoms with E-state index in [9.17, 15) is 9.59 Å². The highest BCUT2D eigenvalue weighted by molar-refractivity contribution is 6.02. The van der Waals surface area contributed by atoms with Crippen LogP contribution < -0.4 is 0 Å². The van der Waals surface area contributed by atoms with Crippen molar-refractivity contribution in [2.24, 2.45) is 0 Å². The molecular formula is C21H20N2O5. The summed E-state index contributed by atoms with van der Waals surface area (Å²) in [6, 6.07) is 14.1. The zero-order valence-electron chi connectivity index (χ0n) is 15.6. The Labute approximate surface area is 161 Å². The van der Waals surface area contributed by atoms with Crippen molar-refractivity contribution in [3.8, 4) is 11.3 Å². The Bertz CT molecular complexity index is 1010. The number of benzene rings is 2. The zero-order chi connectivity index (χ0) is 19.7. The first-order valence-corrected chi connectivity index (χ1v) is 8.99. The Morgan fingerprint density at radius 3 is 2.64 bits per heavy atom. The molecule has 0 saturated carbocycles. The molecule has 2 aromatic carbocycles. The van der Waals surface area contributed by atoms with E-state index < -0.39 is 12.0 Å². The molecule has 1 aliphatic heterocycles. The van der Waals surface area contributed by atoms with Crippen molar-refractivity contribution in [2.75, 3.05) is 20.8 Å². The van der Waals surface area contributed by atoms with Crippen LogP contribution in [-0.4, -0.2) is 54.8 Å². The average molecular weight is 380 g/mol. The Morgan fingerprint density at radius 2 is 1.93 bits per heavy atom. The minimum absolute atomic E-state index is 0.202. The molecule has 7 heteroatoms. The third-order valence-electron chi connectivity index (χ3n) is 5.09. The van der Waals surface area contributed by atoms with Crippen molar-refractivity contribution in [1.82, 2.24) is 10.1 Å². The summed E-state index contributed by atoms with van der Waals surface area (Å²) in [6.07, 6.45) is 0.215. The number of hydrogen-bond acceptors (Lipinski definition) is 6. The molecule has 3 aromatic rings. The molecule has 1 aliphatic rings. The number of amides is 1. The fourth-order valence-corrected chi connectivity index (χ4v) is 3.59. The van der Waals surface area contributed by atoms with Crippen molar-refractivity contribution in [3.63, 3.8) is 0 Å². The van der Waals surface area contributed by atoms with Gasteiger partial charge in [-0.15, -0.1) is 0 Å². The molecule has 0 spiro atoms. The molecule has 0 radical (unpaired) electrons. The minimum atomic E-state index is -0.658. The number of esters is 1. The highest BCUT2D eigenvalue weighted by Crippen LogP contribution is 2.30. The van der Waals surface area contributed by atoms with Crippen LogP contribution >= 0.6 is 0 Å². The van der Waals surface area contributed by atoms with Crippen LogP contribution in [0.4, 0.5) is 0 Å². The summed E-state index contributed by atoms with van der Waals surface area (Å²) in [5.41, 5.74) is 2.00. The Hall–Kier alpha value is -3.19. The van der Waals surface area contributed by atoms with Crippen molar-refractivity contribution >= 4 is 22.8 Å².